The normalized spacial score (nSPS) is 22.8. The average molecular weight is 325 g/mol. The van der Waals surface area contributed by atoms with Gasteiger partial charge in [0.2, 0.25) is 0 Å². The highest BCUT2D eigenvalue weighted by molar-refractivity contribution is 5.84. The molecule has 2 saturated carbocycles. The van der Waals surface area contributed by atoms with Crippen LogP contribution in [0.5, 0.6) is 5.75 Å². The minimum atomic E-state index is -0.0507. The molecule has 0 bridgehead atoms. The molecule has 0 aliphatic heterocycles. The Morgan fingerprint density at radius 3 is 2.75 bits per heavy atom. The third-order valence-corrected chi connectivity index (χ3v) is 5.13. The Labute approximate surface area is 142 Å². The number of hydrogen-bond donors (Lipinski definition) is 0. The van der Waals surface area contributed by atoms with Crippen LogP contribution in [0.2, 0.25) is 0 Å². The number of pyridine rings is 1. The van der Waals surface area contributed by atoms with Crippen LogP contribution in [0, 0.1) is 17.8 Å². The van der Waals surface area contributed by atoms with Crippen molar-refractivity contribution < 1.29 is 14.3 Å². The summed E-state index contributed by atoms with van der Waals surface area (Å²) < 4.78 is 11.1. The van der Waals surface area contributed by atoms with Crippen molar-refractivity contribution in [3.05, 3.63) is 36.5 Å². The summed E-state index contributed by atoms with van der Waals surface area (Å²) in [7, 11) is 0. The van der Waals surface area contributed by atoms with Gasteiger partial charge in [0, 0.05) is 11.6 Å². The maximum Gasteiger partial charge on any atom is 0.309 e. The molecule has 1 aromatic carbocycles. The summed E-state index contributed by atoms with van der Waals surface area (Å²) in [6.07, 6.45) is 7.88. The van der Waals surface area contributed by atoms with Crippen molar-refractivity contribution in [3.8, 4) is 5.75 Å². The van der Waals surface area contributed by atoms with E-state index in [1.54, 1.807) is 6.20 Å². The van der Waals surface area contributed by atoms with Crippen LogP contribution in [-0.2, 0) is 9.53 Å². The van der Waals surface area contributed by atoms with E-state index < -0.39 is 0 Å². The number of benzene rings is 1. The molecule has 0 unspecified atom stereocenters. The van der Waals surface area contributed by atoms with Gasteiger partial charge in [-0.05, 0) is 49.3 Å². The SMILES string of the molecule is O=C(OCCOc1ccnc2ccccc12)C1CC(CC2CC2)C1. The van der Waals surface area contributed by atoms with E-state index in [0.717, 1.165) is 41.3 Å². The Bertz CT molecular complexity index is 714. The zero-order valence-electron chi connectivity index (χ0n) is 13.8. The lowest BCUT2D eigenvalue weighted by molar-refractivity contribution is -0.154. The Balaban J connectivity index is 1.19. The summed E-state index contributed by atoms with van der Waals surface area (Å²) in [5, 5.41) is 0.980. The smallest absolute Gasteiger partial charge is 0.309 e. The highest BCUT2D eigenvalue weighted by atomic mass is 16.6. The number of aromatic nitrogens is 1. The Morgan fingerprint density at radius 2 is 1.92 bits per heavy atom. The van der Waals surface area contributed by atoms with E-state index in [9.17, 15) is 4.79 Å². The van der Waals surface area contributed by atoms with Gasteiger partial charge in [0.1, 0.15) is 19.0 Å². The minimum absolute atomic E-state index is 0.0507. The predicted octanol–water partition coefficient (Wildman–Crippen LogP) is 3.98. The Morgan fingerprint density at radius 1 is 1.08 bits per heavy atom. The fourth-order valence-electron chi connectivity index (χ4n) is 3.55. The van der Waals surface area contributed by atoms with E-state index in [1.807, 2.05) is 30.3 Å². The van der Waals surface area contributed by atoms with E-state index in [1.165, 1.54) is 19.3 Å². The summed E-state index contributed by atoms with van der Waals surface area (Å²) in [6.45, 7) is 0.678. The quantitative estimate of drug-likeness (QED) is 0.570. The molecule has 4 nitrogen and oxygen atoms in total. The molecule has 126 valence electrons. The maximum absolute atomic E-state index is 12.0. The molecule has 0 radical (unpaired) electrons. The van der Waals surface area contributed by atoms with Crippen molar-refractivity contribution in [1.82, 2.24) is 4.98 Å². The molecule has 4 heteroatoms. The highest BCUT2D eigenvalue weighted by Crippen LogP contribution is 2.44. The monoisotopic (exact) mass is 325 g/mol. The van der Waals surface area contributed by atoms with Crippen LogP contribution >= 0.6 is 0 Å². The van der Waals surface area contributed by atoms with Crippen LogP contribution in [0.3, 0.4) is 0 Å². The number of fused-ring (bicyclic) bond motifs is 1. The first kappa shape index (κ1) is 15.4. The molecule has 24 heavy (non-hydrogen) atoms. The van der Waals surface area contributed by atoms with Crippen LogP contribution in [0.4, 0.5) is 0 Å². The van der Waals surface area contributed by atoms with Crippen molar-refractivity contribution >= 4 is 16.9 Å². The van der Waals surface area contributed by atoms with Gasteiger partial charge in [-0.15, -0.1) is 0 Å². The second-order valence-electron chi connectivity index (χ2n) is 7.06. The van der Waals surface area contributed by atoms with Crippen molar-refractivity contribution in [2.24, 2.45) is 17.8 Å². The van der Waals surface area contributed by atoms with Gasteiger partial charge in [0.15, 0.2) is 0 Å². The molecule has 2 fully saturated rings. The lowest BCUT2D eigenvalue weighted by Crippen LogP contribution is -2.32. The minimum Gasteiger partial charge on any atom is -0.489 e. The van der Waals surface area contributed by atoms with Crippen LogP contribution in [0.1, 0.15) is 32.1 Å². The number of ether oxygens (including phenoxy) is 2. The first-order valence-corrected chi connectivity index (χ1v) is 8.93. The van der Waals surface area contributed by atoms with Gasteiger partial charge >= 0.3 is 5.97 Å². The topological polar surface area (TPSA) is 48.4 Å². The van der Waals surface area contributed by atoms with Gasteiger partial charge in [-0.25, -0.2) is 0 Å². The lowest BCUT2D eigenvalue weighted by atomic mass is 9.72. The molecule has 0 amide bonds. The highest BCUT2D eigenvalue weighted by Gasteiger charge is 2.38. The fraction of sp³-hybridized carbons (Fsp3) is 0.500. The number of nitrogens with zero attached hydrogens (tertiary/aromatic N) is 1. The van der Waals surface area contributed by atoms with Crippen molar-refractivity contribution in [3.63, 3.8) is 0 Å². The van der Waals surface area contributed by atoms with E-state index >= 15 is 0 Å². The lowest BCUT2D eigenvalue weighted by Gasteiger charge is -2.33. The third kappa shape index (κ3) is 3.53. The van der Waals surface area contributed by atoms with Gasteiger partial charge in [-0.1, -0.05) is 25.0 Å². The zero-order chi connectivity index (χ0) is 16.4. The number of hydrogen-bond acceptors (Lipinski definition) is 4. The van der Waals surface area contributed by atoms with Crippen LogP contribution in [0.25, 0.3) is 10.9 Å². The molecule has 0 atom stereocenters. The summed E-state index contributed by atoms with van der Waals surface area (Å²) in [6, 6.07) is 9.70. The van der Waals surface area contributed by atoms with Crippen molar-refractivity contribution in [2.45, 2.75) is 32.1 Å². The Hall–Kier alpha value is -2.10. The predicted molar refractivity (Wildman–Crippen MR) is 91.8 cm³/mol. The van der Waals surface area contributed by atoms with E-state index in [2.05, 4.69) is 4.98 Å². The fourth-order valence-corrected chi connectivity index (χ4v) is 3.55. The van der Waals surface area contributed by atoms with Gasteiger partial charge in [-0.2, -0.15) is 0 Å². The van der Waals surface area contributed by atoms with E-state index in [-0.39, 0.29) is 11.9 Å². The molecule has 0 spiro atoms. The van der Waals surface area contributed by atoms with E-state index in [0.29, 0.717) is 13.2 Å². The van der Waals surface area contributed by atoms with Gasteiger partial charge in [0.05, 0.1) is 11.4 Å². The maximum atomic E-state index is 12.0. The van der Waals surface area contributed by atoms with Gasteiger partial charge < -0.3 is 9.47 Å². The van der Waals surface area contributed by atoms with Crippen LogP contribution in [-0.4, -0.2) is 24.2 Å². The molecular formula is C20H23NO3. The molecule has 1 aromatic heterocycles. The summed E-state index contributed by atoms with van der Waals surface area (Å²) in [5.74, 6) is 2.57. The van der Waals surface area contributed by atoms with E-state index in [4.69, 9.17) is 9.47 Å². The zero-order valence-corrected chi connectivity index (χ0v) is 13.8. The average Bonchev–Trinajstić information content (AvgIpc) is 3.38. The van der Waals surface area contributed by atoms with Crippen molar-refractivity contribution in [1.29, 1.82) is 0 Å². The second kappa shape index (κ2) is 6.80. The molecule has 0 N–H and O–H groups in total. The van der Waals surface area contributed by atoms with Gasteiger partial charge in [0.25, 0.3) is 0 Å². The van der Waals surface area contributed by atoms with Crippen molar-refractivity contribution in [2.75, 3.05) is 13.2 Å². The molecule has 2 aliphatic carbocycles. The van der Waals surface area contributed by atoms with Crippen LogP contribution in [0.15, 0.2) is 36.5 Å². The third-order valence-electron chi connectivity index (χ3n) is 5.13. The summed E-state index contributed by atoms with van der Waals surface area (Å²) >= 11 is 0. The standard InChI is InChI=1S/C20H23NO3/c22-20(16-12-15(13-16)11-14-5-6-14)24-10-9-23-19-7-8-21-18-4-2-1-3-17(18)19/h1-4,7-8,14-16H,5-6,9-13H2. The number of esters is 1. The molecular weight excluding hydrogens is 302 g/mol. The first-order chi connectivity index (χ1) is 11.8. The summed E-state index contributed by atoms with van der Waals surface area (Å²) in [5.41, 5.74) is 0.906. The van der Waals surface area contributed by atoms with Gasteiger partial charge in [-0.3, -0.25) is 9.78 Å². The summed E-state index contributed by atoms with van der Waals surface area (Å²) in [4.78, 5) is 16.3. The Kier molecular flexibility index (Phi) is 4.37. The molecule has 0 saturated heterocycles. The molecule has 2 aliphatic rings. The number of carbonyl (C=O) groups is 1. The second-order valence-corrected chi connectivity index (χ2v) is 7.06. The van der Waals surface area contributed by atoms with Crippen LogP contribution < -0.4 is 4.74 Å². The number of carbonyl (C=O) groups excluding carboxylic acids is 1. The molecule has 4 rings (SSSR count). The largest absolute Gasteiger partial charge is 0.489 e. The number of rotatable bonds is 7. The first-order valence-electron chi connectivity index (χ1n) is 8.93. The molecule has 1 heterocycles. The molecule has 2 aromatic rings. The number of para-hydroxylation sites is 1.